The molecular weight excluding hydrogens is 486 g/mol. The van der Waals surface area contributed by atoms with Crippen LogP contribution in [0.4, 0.5) is 5.69 Å². The second-order valence-electron chi connectivity index (χ2n) is 9.37. The molecule has 1 aliphatic rings. The van der Waals surface area contributed by atoms with E-state index in [1.807, 2.05) is 31.2 Å². The molecule has 2 aromatic rings. The van der Waals surface area contributed by atoms with Crippen LogP contribution < -0.4 is 9.62 Å². The van der Waals surface area contributed by atoms with Crippen LogP contribution in [0.2, 0.25) is 5.02 Å². The Kier molecular flexibility index (Phi) is 8.83. The molecule has 1 aliphatic carbocycles. The summed E-state index contributed by atoms with van der Waals surface area (Å²) in [5.41, 5.74) is 2.95. The smallest absolute Gasteiger partial charge is 0.244 e. The molecule has 0 heterocycles. The summed E-state index contributed by atoms with van der Waals surface area (Å²) in [6, 6.07) is 12.0. The van der Waals surface area contributed by atoms with Gasteiger partial charge in [0.25, 0.3) is 0 Å². The van der Waals surface area contributed by atoms with Crippen molar-refractivity contribution in [3.63, 3.8) is 0 Å². The van der Waals surface area contributed by atoms with Gasteiger partial charge in [-0.25, -0.2) is 8.42 Å². The fourth-order valence-electron chi connectivity index (χ4n) is 4.31. The summed E-state index contributed by atoms with van der Waals surface area (Å²) in [5.74, 6) is -0.702. The molecule has 2 aromatic carbocycles. The van der Waals surface area contributed by atoms with Crippen molar-refractivity contribution in [3.05, 3.63) is 64.2 Å². The number of carbonyl (C=O) groups excluding carboxylic acids is 2. The van der Waals surface area contributed by atoms with E-state index in [4.69, 9.17) is 11.6 Å². The van der Waals surface area contributed by atoms with E-state index in [2.05, 4.69) is 5.32 Å². The minimum absolute atomic E-state index is 0.114. The highest BCUT2D eigenvalue weighted by Crippen LogP contribution is 2.27. The zero-order valence-electron chi connectivity index (χ0n) is 20.8. The molecular formula is C26H34ClN3O4S. The molecule has 7 nitrogen and oxygen atoms in total. The van der Waals surface area contributed by atoms with E-state index in [0.717, 1.165) is 47.4 Å². The normalized spacial score (nSPS) is 15.0. The Morgan fingerprint density at radius 3 is 2.31 bits per heavy atom. The maximum atomic E-state index is 13.6. The highest BCUT2D eigenvalue weighted by atomic mass is 35.5. The number of rotatable bonds is 9. The van der Waals surface area contributed by atoms with Crippen LogP contribution >= 0.6 is 11.6 Å². The summed E-state index contributed by atoms with van der Waals surface area (Å²) in [7, 11) is -3.80. The van der Waals surface area contributed by atoms with Gasteiger partial charge in [0, 0.05) is 17.6 Å². The molecule has 0 aliphatic heterocycles. The zero-order chi connectivity index (χ0) is 25.8. The van der Waals surface area contributed by atoms with Gasteiger partial charge >= 0.3 is 0 Å². The van der Waals surface area contributed by atoms with Crippen molar-refractivity contribution in [2.75, 3.05) is 17.1 Å². The number of benzene rings is 2. The molecule has 190 valence electrons. The average Bonchev–Trinajstić information content (AvgIpc) is 3.30. The van der Waals surface area contributed by atoms with Crippen LogP contribution in [-0.4, -0.2) is 50.0 Å². The Hall–Kier alpha value is -2.58. The molecule has 1 saturated carbocycles. The summed E-state index contributed by atoms with van der Waals surface area (Å²) in [4.78, 5) is 28.2. The minimum atomic E-state index is -3.80. The first-order valence-electron chi connectivity index (χ1n) is 11.8. The molecule has 1 fully saturated rings. The molecule has 3 rings (SSSR count). The SMILES string of the molecule is Cc1ccc(CN(C(=O)CN(c2cc(Cl)ccc2C)S(C)(=O)=O)[C@H](C)C(=O)NC2CCCC2)cc1. The highest BCUT2D eigenvalue weighted by molar-refractivity contribution is 7.92. The molecule has 1 N–H and O–H groups in total. The summed E-state index contributed by atoms with van der Waals surface area (Å²) >= 11 is 6.13. The molecule has 0 aromatic heterocycles. The predicted octanol–water partition coefficient (Wildman–Crippen LogP) is 4.20. The lowest BCUT2D eigenvalue weighted by Gasteiger charge is -2.32. The molecule has 0 radical (unpaired) electrons. The van der Waals surface area contributed by atoms with Crippen molar-refractivity contribution in [3.8, 4) is 0 Å². The van der Waals surface area contributed by atoms with Gasteiger partial charge in [-0.05, 0) is 56.9 Å². The fourth-order valence-corrected chi connectivity index (χ4v) is 5.38. The lowest BCUT2D eigenvalue weighted by Crippen LogP contribution is -2.52. The van der Waals surface area contributed by atoms with Crippen LogP contribution in [0.5, 0.6) is 0 Å². The van der Waals surface area contributed by atoms with Crippen molar-refractivity contribution in [2.45, 2.75) is 65.1 Å². The van der Waals surface area contributed by atoms with Crippen molar-refractivity contribution >= 4 is 39.1 Å². The number of sulfonamides is 1. The van der Waals surface area contributed by atoms with Gasteiger partial charge in [0.2, 0.25) is 21.8 Å². The van der Waals surface area contributed by atoms with E-state index < -0.39 is 28.5 Å². The van der Waals surface area contributed by atoms with Gasteiger partial charge in [-0.3, -0.25) is 13.9 Å². The number of halogens is 1. The molecule has 2 amide bonds. The zero-order valence-corrected chi connectivity index (χ0v) is 22.3. The molecule has 1 atom stereocenters. The Bertz CT molecular complexity index is 1160. The summed E-state index contributed by atoms with van der Waals surface area (Å²) in [6.45, 7) is 5.17. The third-order valence-corrected chi connectivity index (χ3v) is 7.82. The maximum Gasteiger partial charge on any atom is 0.244 e. The first-order valence-corrected chi connectivity index (χ1v) is 14.1. The number of amides is 2. The van der Waals surface area contributed by atoms with Crippen molar-refractivity contribution in [1.82, 2.24) is 10.2 Å². The van der Waals surface area contributed by atoms with Crippen LogP contribution in [0.3, 0.4) is 0 Å². The summed E-state index contributed by atoms with van der Waals surface area (Å²) < 4.78 is 26.5. The number of nitrogens with zero attached hydrogens (tertiary/aromatic N) is 2. The quantitative estimate of drug-likeness (QED) is 0.538. The molecule has 0 bridgehead atoms. The van der Waals surface area contributed by atoms with E-state index in [-0.39, 0.29) is 18.5 Å². The third kappa shape index (κ3) is 7.21. The second-order valence-corrected chi connectivity index (χ2v) is 11.7. The Morgan fingerprint density at radius 1 is 1.09 bits per heavy atom. The number of hydrogen-bond donors (Lipinski definition) is 1. The van der Waals surface area contributed by atoms with Gasteiger partial charge in [0.05, 0.1) is 11.9 Å². The van der Waals surface area contributed by atoms with Crippen LogP contribution in [-0.2, 0) is 26.2 Å². The van der Waals surface area contributed by atoms with Gasteiger partial charge in [-0.1, -0.05) is 60.3 Å². The van der Waals surface area contributed by atoms with E-state index in [1.165, 1.54) is 11.0 Å². The van der Waals surface area contributed by atoms with Crippen LogP contribution in [0, 0.1) is 13.8 Å². The van der Waals surface area contributed by atoms with Crippen LogP contribution in [0.1, 0.15) is 49.3 Å². The molecule has 0 unspecified atom stereocenters. The number of nitrogens with one attached hydrogen (secondary N) is 1. The van der Waals surface area contributed by atoms with Crippen LogP contribution in [0.25, 0.3) is 0 Å². The van der Waals surface area contributed by atoms with Gasteiger partial charge in [0.15, 0.2) is 0 Å². The molecule has 9 heteroatoms. The fraction of sp³-hybridized carbons (Fsp3) is 0.462. The Morgan fingerprint density at radius 2 is 1.71 bits per heavy atom. The largest absolute Gasteiger partial charge is 0.352 e. The van der Waals surface area contributed by atoms with E-state index in [0.29, 0.717) is 16.3 Å². The van der Waals surface area contributed by atoms with Gasteiger partial charge in [-0.2, -0.15) is 0 Å². The first kappa shape index (κ1) is 27.0. The minimum Gasteiger partial charge on any atom is -0.352 e. The summed E-state index contributed by atoms with van der Waals surface area (Å²) in [5, 5.41) is 3.43. The number of aryl methyl sites for hydroxylation is 2. The molecule has 0 spiro atoms. The van der Waals surface area contributed by atoms with Gasteiger partial charge in [0.1, 0.15) is 12.6 Å². The monoisotopic (exact) mass is 519 g/mol. The molecule has 35 heavy (non-hydrogen) atoms. The summed E-state index contributed by atoms with van der Waals surface area (Å²) in [6.07, 6.45) is 5.07. The van der Waals surface area contributed by atoms with Gasteiger partial charge in [-0.15, -0.1) is 0 Å². The van der Waals surface area contributed by atoms with E-state index in [9.17, 15) is 18.0 Å². The lowest BCUT2D eigenvalue weighted by molar-refractivity contribution is -0.139. The first-order chi connectivity index (χ1) is 16.5. The van der Waals surface area contributed by atoms with E-state index in [1.54, 1.807) is 26.0 Å². The standard InChI is InChI=1S/C26H34ClN3O4S/c1-18-9-12-21(13-10-18)16-29(20(3)26(32)28-23-7-5-6-8-23)25(31)17-30(35(4,33)34)24-15-22(27)14-11-19(24)2/h9-15,20,23H,5-8,16-17H2,1-4H3,(H,28,32)/t20-/m1/s1. The number of carbonyl (C=O) groups is 2. The van der Waals surface area contributed by atoms with Crippen LogP contribution in [0.15, 0.2) is 42.5 Å². The Labute approximate surface area is 213 Å². The van der Waals surface area contributed by atoms with Crippen molar-refractivity contribution < 1.29 is 18.0 Å². The average molecular weight is 520 g/mol. The predicted molar refractivity (Wildman–Crippen MR) is 140 cm³/mol. The van der Waals surface area contributed by atoms with E-state index >= 15 is 0 Å². The topological polar surface area (TPSA) is 86.8 Å². The van der Waals surface area contributed by atoms with Crippen molar-refractivity contribution in [1.29, 1.82) is 0 Å². The van der Waals surface area contributed by atoms with Crippen molar-refractivity contribution in [2.24, 2.45) is 0 Å². The maximum absolute atomic E-state index is 13.6. The highest BCUT2D eigenvalue weighted by Gasteiger charge is 2.31. The number of anilines is 1. The Balaban J connectivity index is 1.90. The van der Waals surface area contributed by atoms with Gasteiger partial charge < -0.3 is 10.2 Å². The molecule has 0 saturated heterocycles. The second kappa shape index (κ2) is 11.4. The lowest BCUT2D eigenvalue weighted by atomic mass is 10.1. The third-order valence-electron chi connectivity index (χ3n) is 6.46. The number of hydrogen-bond acceptors (Lipinski definition) is 4.